The van der Waals surface area contributed by atoms with Crippen molar-refractivity contribution in [2.75, 3.05) is 19.5 Å². The van der Waals surface area contributed by atoms with E-state index < -0.39 is 0 Å². The highest BCUT2D eigenvalue weighted by molar-refractivity contribution is 6.18. The Kier molecular flexibility index (Phi) is 4.90. The van der Waals surface area contributed by atoms with Crippen LogP contribution in [-0.4, -0.2) is 30.5 Å². The van der Waals surface area contributed by atoms with Gasteiger partial charge in [0.1, 0.15) is 5.75 Å². The number of nitrogens with zero attached hydrogens (tertiary/aromatic N) is 1. The van der Waals surface area contributed by atoms with Crippen LogP contribution in [0.3, 0.4) is 0 Å². The SMILES string of the molecule is COc1ccc(C)cc1CN1CCCCC1CCl. The third-order valence-electron chi connectivity index (χ3n) is 3.74. The molecule has 1 unspecified atom stereocenters. The van der Waals surface area contributed by atoms with Gasteiger partial charge in [0, 0.05) is 24.0 Å². The molecule has 1 saturated heterocycles. The van der Waals surface area contributed by atoms with Gasteiger partial charge < -0.3 is 4.74 Å². The second-order valence-corrected chi connectivity index (χ2v) is 5.40. The molecule has 1 atom stereocenters. The number of likely N-dealkylation sites (tertiary alicyclic amines) is 1. The molecule has 1 aromatic rings. The zero-order valence-corrected chi connectivity index (χ0v) is 12.0. The predicted octanol–water partition coefficient (Wildman–Crippen LogP) is 3.60. The maximum atomic E-state index is 6.07. The second-order valence-electron chi connectivity index (χ2n) is 5.09. The Labute approximate surface area is 115 Å². The molecule has 0 saturated carbocycles. The zero-order chi connectivity index (χ0) is 13.0. The van der Waals surface area contributed by atoms with Crippen molar-refractivity contribution in [2.45, 2.75) is 38.8 Å². The maximum absolute atomic E-state index is 6.07. The number of piperidine rings is 1. The Hall–Kier alpha value is -0.730. The molecule has 0 bridgehead atoms. The van der Waals surface area contributed by atoms with Crippen molar-refractivity contribution in [3.05, 3.63) is 29.3 Å². The number of alkyl halides is 1. The number of benzene rings is 1. The fraction of sp³-hybridized carbons (Fsp3) is 0.600. The van der Waals surface area contributed by atoms with Crippen LogP contribution in [0.5, 0.6) is 5.75 Å². The highest BCUT2D eigenvalue weighted by Gasteiger charge is 2.22. The summed E-state index contributed by atoms with van der Waals surface area (Å²) in [5, 5.41) is 0. The molecule has 18 heavy (non-hydrogen) atoms. The topological polar surface area (TPSA) is 12.5 Å². The Bertz CT molecular complexity index is 394. The monoisotopic (exact) mass is 267 g/mol. The van der Waals surface area contributed by atoms with Crippen molar-refractivity contribution in [2.24, 2.45) is 0 Å². The Morgan fingerprint density at radius 1 is 1.39 bits per heavy atom. The van der Waals surface area contributed by atoms with E-state index in [1.54, 1.807) is 7.11 Å². The molecule has 1 aliphatic rings. The van der Waals surface area contributed by atoms with Gasteiger partial charge in [-0.05, 0) is 32.4 Å². The molecule has 1 aromatic carbocycles. The minimum Gasteiger partial charge on any atom is -0.496 e. The van der Waals surface area contributed by atoms with Gasteiger partial charge in [0.25, 0.3) is 0 Å². The summed E-state index contributed by atoms with van der Waals surface area (Å²) in [4.78, 5) is 2.49. The van der Waals surface area contributed by atoms with Crippen LogP contribution in [0.15, 0.2) is 18.2 Å². The van der Waals surface area contributed by atoms with E-state index in [9.17, 15) is 0 Å². The van der Waals surface area contributed by atoms with Gasteiger partial charge in [-0.1, -0.05) is 24.1 Å². The van der Waals surface area contributed by atoms with Crippen LogP contribution in [0.25, 0.3) is 0 Å². The molecule has 1 heterocycles. The first-order chi connectivity index (χ1) is 8.74. The summed E-state index contributed by atoms with van der Waals surface area (Å²) in [6.45, 7) is 4.22. The molecule has 3 heteroatoms. The standard InChI is InChI=1S/C15H22ClNO/c1-12-6-7-15(18-2)13(9-12)11-17-8-4-3-5-14(17)10-16/h6-7,9,14H,3-5,8,10-11H2,1-2H3. The molecule has 0 spiro atoms. The lowest BCUT2D eigenvalue weighted by Gasteiger charge is -2.34. The van der Waals surface area contributed by atoms with E-state index in [-0.39, 0.29) is 0 Å². The number of ether oxygens (including phenoxy) is 1. The lowest BCUT2D eigenvalue weighted by Crippen LogP contribution is -2.40. The number of halogens is 1. The first-order valence-electron chi connectivity index (χ1n) is 6.68. The molecule has 2 nitrogen and oxygen atoms in total. The molecule has 2 rings (SSSR count). The molecule has 0 aromatic heterocycles. The van der Waals surface area contributed by atoms with Crippen LogP contribution in [0.1, 0.15) is 30.4 Å². The van der Waals surface area contributed by atoms with Gasteiger partial charge in [0.2, 0.25) is 0 Å². The number of aryl methyl sites for hydroxylation is 1. The van der Waals surface area contributed by atoms with E-state index >= 15 is 0 Å². The largest absolute Gasteiger partial charge is 0.496 e. The van der Waals surface area contributed by atoms with Crippen molar-refractivity contribution in [1.82, 2.24) is 4.90 Å². The zero-order valence-electron chi connectivity index (χ0n) is 11.3. The summed E-state index contributed by atoms with van der Waals surface area (Å²) in [5.74, 6) is 1.72. The summed E-state index contributed by atoms with van der Waals surface area (Å²) in [5.41, 5.74) is 2.56. The number of hydrogen-bond acceptors (Lipinski definition) is 2. The fourth-order valence-corrected chi connectivity index (χ4v) is 3.04. The number of methoxy groups -OCH3 is 1. The molecule has 100 valence electrons. The third kappa shape index (κ3) is 3.18. The fourth-order valence-electron chi connectivity index (χ4n) is 2.69. The quantitative estimate of drug-likeness (QED) is 0.773. The molecule has 0 N–H and O–H groups in total. The molecule has 0 radical (unpaired) electrons. The Morgan fingerprint density at radius 2 is 2.22 bits per heavy atom. The average Bonchev–Trinajstić information content (AvgIpc) is 2.40. The highest BCUT2D eigenvalue weighted by atomic mass is 35.5. The van der Waals surface area contributed by atoms with Gasteiger partial charge in [0.15, 0.2) is 0 Å². The van der Waals surface area contributed by atoms with E-state index in [2.05, 4.69) is 30.0 Å². The summed E-state index contributed by atoms with van der Waals surface area (Å²) in [6, 6.07) is 6.89. The minimum absolute atomic E-state index is 0.519. The average molecular weight is 268 g/mol. The first kappa shape index (κ1) is 13.7. The van der Waals surface area contributed by atoms with Gasteiger partial charge in [-0.15, -0.1) is 11.6 Å². The Balaban J connectivity index is 2.14. The van der Waals surface area contributed by atoms with Crippen LogP contribution in [0.4, 0.5) is 0 Å². The smallest absolute Gasteiger partial charge is 0.123 e. The van der Waals surface area contributed by atoms with Gasteiger partial charge in [-0.3, -0.25) is 4.90 Å². The lowest BCUT2D eigenvalue weighted by atomic mass is 10.0. The first-order valence-corrected chi connectivity index (χ1v) is 7.21. The van der Waals surface area contributed by atoms with Gasteiger partial charge in [-0.2, -0.15) is 0 Å². The number of hydrogen-bond donors (Lipinski definition) is 0. The third-order valence-corrected chi connectivity index (χ3v) is 4.09. The van der Waals surface area contributed by atoms with Crippen molar-refractivity contribution in [3.63, 3.8) is 0 Å². The van der Waals surface area contributed by atoms with Crippen LogP contribution in [-0.2, 0) is 6.54 Å². The molecular weight excluding hydrogens is 246 g/mol. The second kappa shape index (κ2) is 6.44. The molecule has 0 aliphatic carbocycles. The minimum atomic E-state index is 0.519. The molecule has 1 fully saturated rings. The predicted molar refractivity (Wildman–Crippen MR) is 76.5 cm³/mol. The van der Waals surface area contributed by atoms with E-state index in [1.165, 1.54) is 30.4 Å². The van der Waals surface area contributed by atoms with Gasteiger partial charge >= 0.3 is 0 Å². The summed E-state index contributed by atoms with van der Waals surface area (Å²) in [7, 11) is 1.74. The van der Waals surface area contributed by atoms with Crippen molar-refractivity contribution in [3.8, 4) is 5.75 Å². The number of rotatable bonds is 4. The summed E-state index contributed by atoms with van der Waals surface area (Å²) < 4.78 is 5.45. The Morgan fingerprint density at radius 3 is 2.94 bits per heavy atom. The van der Waals surface area contributed by atoms with E-state index in [0.717, 1.165) is 24.7 Å². The normalized spacial score (nSPS) is 20.9. The summed E-state index contributed by atoms with van der Waals surface area (Å²) >= 11 is 6.07. The van der Waals surface area contributed by atoms with Crippen LogP contribution < -0.4 is 4.74 Å². The van der Waals surface area contributed by atoms with Crippen LogP contribution in [0.2, 0.25) is 0 Å². The van der Waals surface area contributed by atoms with Crippen molar-refractivity contribution < 1.29 is 4.74 Å². The van der Waals surface area contributed by atoms with Gasteiger partial charge in [-0.25, -0.2) is 0 Å². The van der Waals surface area contributed by atoms with E-state index in [4.69, 9.17) is 16.3 Å². The van der Waals surface area contributed by atoms with Crippen LogP contribution >= 0.6 is 11.6 Å². The van der Waals surface area contributed by atoms with Gasteiger partial charge in [0.05, 0.1) is 7.11 Å². The molecule has 1 aliphatic heterocycles. The summed E-state index contributed by atoms with van der Waals surface area (Å²) in [6.07, 6.45) is 3.80. The molecular formula is C15H22ClNO. The van der Waals surface area contributed by atoms with E-state index in [1.807, 2.05) is 0 Å². The van der Waals surface area contributed by atoms with E-state index in [0.29, 0.717) is 6.04 Å². The molecule has 0 amide bonds. The van der Waals surface area contributed by atoms with Crippen molar-refractivity contribution >= 4 is 11.6 Å². The van der Waals surface area contributed by atoms with Crippen LogP contribution in [0, 0.1) is 6.92 Å². The maximum Gasteiger partial charge on any atom is 0.123 e. The lowest BCUT2D eigenvalue weighted by molar-refractivity contribution is 0.153. The van der Waals surface area contributed by atoms with Crippen molar-refractivity contribution in [1.29, 1.82) is 0 Å². The highest BCUT2D eigenvalue weighted by Crippen LogP contribution is 2.25.